The third-order valence-electron chi connectivity index (χ3n) is 2.10. The van der Waals surface area contributed by atoms with Crippen LogP contribution in [0.4, 0.5) is 4.79 Å². The lowest BCUT2D eigenvalue weighted by Crippen LogP contribution is -2.56. The first-order valence-corrected chi connectivity index (χ1v) is 4.70. The fourth-order valence-electron chi connectivity index (χ4n) is 1.24. The molecule has 1 rings (SSSR count). The summed E-state index contributed by atoms with van der Waals surface area (Å²) in [5.41, 5.74) is 0. The van der Waals surface area contributed by atoms with E-state index in [-0.39, 0.29) is 12.5 Å². The zero-order valence-electron chi connectivity index (χ0n) is 8.47. The Hall–Kier alpha value is -1.83. The second-order valence-electron chi connectivity index (χ2n) is 3.29. The quantitative estimate of drug-likeness (QED) is 0.430. The highest BCUT2D eigenvalue weighted by atomic mass is 16.4. The van der Waals surface area contributed by atoms with E-state index in [0.717, 1.165) is 0 Å². The Balaban J connectivity index is 2.50. The minimum absolute atomic E-state index is 0.108. The van der Waals surface area contributed by atoms with Crippen LogP contribution in [0.15, 0.2) is 0 Å². The number of amides is 3. The number of aliphatic hydroxyl groups is 1. The summed E-state index contributed by atoms with van der Waals surface area (Å²) in [5.74, 6) is -1.62. The van der Waals surface area contributed by atoms with Gasteiger partial charge in [-0.2, -0.15) is 0 Å². The summed E-state index contributed by atoms with van der Waals surface area (Å²) in [6.45, 7) is -0.150. The predicted molar refractivity (Wildman–Crippen MR) is 51.6 cm³/mol. The number of carboxylic acids is 1. The summed E-state index contributed by atoms with van der Waals surface area (Å²) < 4.78 is 0. The van der Waals surface area contributed by atoms with Gasteiger partial charge in [0.25, 0.3) is 0 Å². The Morgan fingerprint density at radius 1 is 1.56 bits per heavy atom. The lowest BCUT2D eigenvalue weighted by molar-refractivity contribution is -0.140. The Morgan fingerprint density at radius 2 is 2.25 bits per heavy atom. The molecular weight excluding hydrogens is 218 g/mol. The number of urea groups is 1. The molecule has 0 saturated carbocycles. The topological polar surface area (TPSA) is 119 Å². The molecule has 0 aromatic carbocycles. The fourth-order valence-corrected chi connectivity index (χ4v) is 1.24. The maximum absolute atomic E-state index is 11.5. The SMILES string of the molecule is O=C1CN(C(=O)N[C@H](CO)C(=O)O)CCN1. The van der Waals surface area contributed by atoms with E-state index in [2.05, 4.69) is 10.6 Å². The number of aliphatic carboxylic acids is 1. The van der Waals surface area contributed by atoms with Crippen molar-refractivity contribution in [2.24, 2.45) is 0 Å². The van der Waals surface area contributed by atoms with Crippen LogP contribution in [-0.2, 0) is 9.59 Å². The summed E-state index contributed by atoms with van der Waals surface area (Å²) in [6, 6.07) is -2.02. The van der Waals surface area contributed by atoms with Crippen molar-refractivity contribution in [3.8, 4) is 0 Å². The van der Waals surface area contributed by atoms with E-state index < -0.39 is 24.6 Å². The molecule has 0 aromatic rings. The largest absolute Gasteiger partial charge is 0.480 e. The number of carboxylic acid groups (broad SMARTS) is 1. The first-order valence-electron chi connectivity index (χ1n) is 4.70. The van der Waals surface area contributed by atoms with Gasteiger partial charge in [0.05, 0.1) is 6.61 Å². The summed E-state index contributed by atoms with van der Waals surface area (Å²) in [6.07, 6.45) is 0. The van der Waals surface area contributed by atoms with Crippen molar-refractivity contribution in [2.75, 3.05) is 26.2 Å². The Bertz CT molecular complexity index is 306. The molecular formula is C8H13N3O5. The summed E-state index contributed by atoms with van der Waals surface area (Å²) in [7, 11) is 0. The van der Waals surface area contributed by atoms with Gasteiger partial charge in [0, 0.05) is 13.1 Å². The summed E-state index contributed by atoms with van der Waals surface area (Å²) in [5, 5.41) is 21.9. The molecule has 8 nitrogen and oxygen atoms in total. The van der Waals surface area contributed by atoms with E-state index in [1.54, 1.807) is 0 Å². The van der Waals surface area contributed by atoms with Gasteiger partial charge in [-0.1, -0.05) is 0 Å². The minimum Gasteiger partial charge on any atom is -0.480 e. The molecule has 4 N–H and O–H groups in total. The molecule has 1 fully saturated rings. The third-order valence-corrected chi connectivity index (χ3v) is 2.10. The average Bonchev–Trinajstić information content (AvgIpc) is 2.25. The van der Waals surface area contributed by atoms with Gasteiger partial charge in [0.15, 0.2) is 6.04 Å². The van der Waals surface area contributed by atoms with Crippen LogP contribution in [0.1, 0.15) is 0 Å². The lowest BCUT2D eigenvalue weighted by atomic mass is 10.3. The summed E-state index contributed by atoms with van der Waals surface area (Å²) >= 11 is 0. The molecule has 16 heavy (non-hydrogen) atoms. The molecule has 0 bridgehead atoms. The zero-order chi connectivity index (χ0) is 12.1. The van der Waals surface area contributed by atoms with Gasteiger partial charge in [-0.3, -0.25) is 4.79 Å². The van der Waals surface area contributed by atoms with E-state index in [0.29, 0.717) is 13.1 Å². The fraction of sp³-hybridized carbons (Fsp3) is 0.625. The zero-order valence-corrected chi connectivity index (χ0v) is 8.47. The molecule has 0 aliphatic carbocycles. The second-order valence-corrected chi connectivity index (χ2v) is 3.29. The number of rotatable bonds is 3. The number of aliphatic hydroxyl groups excluding tert-OH is 1. The normalized spacial score (nSPS) is 17.6. The van der Waals surface area contributed by atoms with Crippen molar-refractivity contribution in [1.29, 1.82) is 0 Å². The van der Waals surface area contributed by atoms with Gasteiger partial charge >= 0.3 is 12.0 Å². The Morgan fingerprint density at radius 3 is 2.75 bits per heavy atom. The van der Waals surface area contributed by atoms with Crippen molar-refractivity contribution in [3.63, 3.8) is 0 Å². The molecule has 0 unspecified atom stereocenters. The second kappa shape index (κ2) is 5.31. The summed E-state index contributed by atoms with van der Waals surface area (Å²) in [4.78, 5) is 34.2. The van der Waals surface area contributed by atoms with Gasteiger partial charge in [-0.05, 0) is 0 Å². The number of hydrogen-bond acceptors (Lipinski definition) is 4. The first kappa shape index (κ1) is 12.2. The van der Waals surface area contributed by atoms with Crippen LogP contribution in [0.3, 0.4) is 0 Å². The molecule has 3 amide bonds. The van der Waals surface area contributed by atoms with Crippen LogP contribution < -0.4 is 10.6 Å². The molecule has 1 aliphatic rings. The van der Waals surface area contributed by atoms with E-state index in [4.69, 9.17) is 10.2 Å². The van der Waals surface area contributed by atoms with Crippen molar-refractivity contribution in [2.45, 2.75) is 6.04 Å². The maximum Gasteiger partial charge on any atom is 0.328 e. The number of carbonyl (C=O) groups excluding carboxylic acids is 2. The van der Waals surface area contributed by atoms with Gasteiger partial charge in [-0.15, -0.1) is 0 Å². The molecule has 90 valence electrons. The lowest BCUT2D eigenvalue weighted by Gasteiger charge is -2.27. The maximum atomic E-state index is 11.5. The standard InChI is InChI=1S/C8H13N3O5/c12-4-5(7(14)15)10-8(16)11-2-1-9-6(13)3-11/h5,12H,1-4H2,(H,9,13)(H,10,16)(H,14,15)/t5-/m1/s1. The van der Waals surface area contributed by atoms with Crippen molar-refractivity contribution in [3.05, 3.63) is 0 Å². The van der Waals surface area contributed by atoms with Crippen molar-refractivity contribution in [1.82, 2.24) is 15.5 Å². The van der Waals surface area contributed by atoms with Crippen LogP contribution in [0, 0.1) is 0 Å². The highest BCUT2D eigenvalue weighted by Crippen LogP contribution is 1.95. The van der Waals surface area contributed by atoms with E-state index in [1.807, 2.05) is 0 Å². The van der Waals surface area contributed by atoms with Gasteiger partial charge in [-0.25, -0.2) is 9.59 Å². The first-order chi connectivity index (χ1) is 7.54. The highest BCUT2D eigenvalue weighted by Gasteiger charge is 2.25. The number of hydrogen-bond donors (Lipinski definition) is 4. The highest BCUT2D eigenvalue weighted by molar-refractivity contribution is 5.87. The monoisotopic (exact) mass is 231 g/mol. The Kier molecular flexibility index (Phi) is 4.06. The van der Waals surface area contributed by atoms with Gasteiger partial charge < -0.3 is 25.7 Å². The van der Waals surface area contributed by atoms with Crippen LogP contribution in [0.25, 0.3) is 0 Å². The predicted octanol–water partition coefficient (Wildman–Crippen LogP) is -2.43. The van der Waals surface area contributed by atoms with Crippen LogP contribution in [0.2, 0.25) is 0 Å². The van der Waals surface area contributed by atoms with Gasteiger partial charge in [0.1, 0.15) is 6.54 Å². The number of carbonyl (C=O) groups is 3. The van der Waals surface area contributed by atoms with Crippen LogP contribution in [-0.4, -0.2) is 65.3 Å². The van der Waals surface area contributed by atoms with Crippen molar-refractivity contribution >= 4 is 17.9 Å². The number of nitrogens with zero attached hydrogens (tertiary/aromatic N) is 1. The van der Waals surface area contributed by atoms with Gasteiger partial charge in [0.2, 0.25) is 5.91 Å². The molecule has 8 heteroatoms. The molecule has 1 heterocycles. The third kappa shape index (κ3) is 3.09. The molecule has 1 aliphatic heterocycles. The molecule has 1 atom stereocenters. The number of nitrogens with one attached hydrogen (secondary N) is 2. The smallest absolute Gasteiger partial charge is 0.328 e. The van der Waals surface area contributed by atoms with E-state index in [9.17, 15) is 14.4 Å². The molecule has 0 aromatic heterocycles. The minimum atomic E-state index is -1.35. The molecule has 0 spiro atoms. The Labute approximate surface area is 91.2 Å². The van der Waals surface area contributed by atoms with E-state index >= 15 is 0 Å². The molecule has 0 radical (unpaired) electrons. The number of piperazine rings is 1. The van der Waals surface area contributed by atoms with E-state index in [1.165, 1.54) is 4.90 Å². The average molecular weight is 231 g/mol. The molecule has 1 saturated heterocycles. The van der Waals surface area contributed by atoms with Crippen LogP contribution in [0.5, 0.6) is 0 Å². The van der Waals surface area contributed by atoms with Crippen molar-refractivity contribution < 1.29 is 24.6 Å². The van der Waals surface area contributed by atoms with Crippen LogP contribution >= 0.6 is 0 Å².